The average molecular weight is 188 g/mol. The highest BCUT2D eigenvalue weighted by Crippen LogP contribution is 2.12. The first kappa shape index (κ1) is 10.9. The van der Waals surface area contributed by atoms with E-state index in [0.717, 1.165) is 19.6 Å². The Hall–Kier alpha value is -0.150. The molecule has 1 aliphatic heterocycles. The number of rotatable bonds is 4. The lowest BCUT2D eigenvalue weighted by Gasteiger charge is -2.36. The summed E-state index contributed by atoms with van der Waals surface area (Å²) in [6, 6.07) is 0.546. The monoisotopic (exact) mass is 188 g/mol. The summed E-state index contributed by atoms with van der Waals surface area (Å²) in [7, 11) is 0. The van der Waals surface area contributed by atoms with E-state index in [-0.39, 0.29) is 6.67 Å². The first-order valence-corrected chi connectivity index (χ1v) is 5.24. The average Bonchev–Trinajstić information content (AvgIpc) is 2.08. The van der Waals surface area contributed by atoms with Gasteiger partial charge in [-0.05, 0) is 12.3 Å². The van der Waals surface area contributed by atoms with Crippen LogP contribution >= 0.6 is 0 Å². The van der Waals surface area contributed by atoms with Crippen molar-refractivity contribution in [1.29, 1.82) is 0 Å². The quantitative estimate of drug-likeness (QED) is 0.715. The third-order valence-electron chi connectivity index (χ3n) is 2.59. The van der Waals surface area contributed by atoms with Crippen LogP contribution in [0.2, 0.25) is 0 Å². The zero-order valence-electron chi connectivity index (χ0n) is 8.72. The van der Waals surface area contributed by atoms with Crippen LogP contribution in [-0.2, 0) is 0 Å². The molecule has 1 atom stereocenters. The number of halogens is 1. The molecular weight excluding hydrogens is 167 g/mol. The van der Waals surface area contributed by atoms with Gasteiger partial charge in [-0.3, -0.25) is 4.90 Å². The minimum Gasteiger partial charge on any atom is -0.314 e. The van der Waals surface area contributed by atoms with Gasteiger partial charge in [0.2, 0.25) is 0 Å². The van der Waals surface area contributed by atoms with Gasteiger partial charge in [0.25, 0.3) is 0 Å². The molecule has 0 amide bonds. The molecule has 1 rings (SSSR count). The van der Waals surface area contributed by atoms with Crippen molar-refractivity contribution >= 4 is 0 Å². The van der Waals surface area contributed by atoms with Crippen molar-refractivity contribution < 1.29 is 4.39 Å². The van der Waals surface area contributed by atoms with Crippen LogP contribution in [0.25, 0.3) is 0 Å². The molecule has 0 aromatic heterocycles. The molecule has 1 unspecified atom stereocenters. The molecule has 0 aliphatic carbocycles. The van der Waals surface area contributed by atoms with Crippen LogP contribution < -0.4 is 5.32 Å². The summed E-state index contributed by atoms with van der Waals surface area (Å²) < 4.78 is 12.2. The lowest BCUT2D eigenvalue weighted by atomic mass is 10.0. The molecule has 0 radical (unpaired) electrons. The standard InChI is InChI=1S/C10H21FN2/c1-9(2)7-10-8-12-4-6-13(10)5-3-11/h9-10,12H,3-8H2,1-2H3. The molecule has 1 N–H and O–H groups in total. The van der Waals surface area contributed by atoms with Gasteiger partial charge in [-0.1, -0.05) is 13.8 Å². The first-order valence-electron chi connectivity index (χ1n) is 5.24. The van der Waals surface area contributed by atoms with Crippen molar-refractivity contribution in [3.63, 3.8) is 0 Å². The molecule has 78 valence electrons. The fraction of sp³-hybridized carbons (Fsp3) is 1.00. The van der Waals surface area contributed by atoms with Crippen molar-refractivity contribution in [2.45, 2.75) is 26.3 Å². The first-order chi connectivity index (χ1) is 6.24. The van der Waals surface area contributed by atoms with Gasteiger partial charge in [0.05, 0.1) is 0 Å². The Balaban J connectivity index is 2.36. The molecule has 13 heavy (non-hydrogen) atoms. The van der Waals surface area contributed by atoms with Crippen LogP contribution in [0.15, 0.2) is 0 Å². The highest BCUT2D eigenvalue weighted by Gasteiger charge is 2.21. The van der Waals surface area contributed by atoms with Crippen LogP contribution in [0.3, 0.4) is 0 Å². The largest absolute Gasteiger partial charge is 0.314 e. The molecule has 1 aliphatic rings. The number of nitrogens with one attached hydrogen (secondary N) is 1. The Morgan fingerprint density at radius 2 is 2.31 bits per heavy atom. The topological polar surface area (TPSA) is 15.3 Å². The smallest absolute Gasteiger partial charge is 0.102 e. The number of hydrogen-bond acceptors (Lipinski definition) is 2. The van der Waals surface area contributed by atoms with Crippen LogP contribution in [0.4, 0.5) is 4.39 Å². The lowest BCUT2D eigenvalue weighted by Crippen LogP contribution is -2.52. The number of nitrogens with zero attached hydrogens (tertiary/aromatic N) is 1. The van der Waals surface area contributed by atoms with Gasteiger partial charge in [-0.15, -0.1) is 0 Å². The van der Waals surface area contributed by atoms with E-state index in [1.54, 1.807) is 0 Å². The van der Waals surface area contributed by atoms with Crippen molar-refractivity contribution in [1.82, 2.24) is 10.2 Å². The molecule has 1 heterocycles. The fourth-order valence-electron chi connectivity index (χ4n) is 1.98. The van der Waals surface area contributed by atoms with Crippen molar-refractivity contribution in [2.75, 3.05) is 32.9 Å². The Labute approximate surface area is 80.5 Å². The molecule has 3 heteroatoms. The Morgan fingerprint density at radius 3 is 2.92 bits per heavy atom. The summed E-state index contributed by atoms with van der Waals surface area (Å²) in [4.78, 5) is 2.27. The van der Waals surface area contributed by atoms with E-state index in [0.29, 0.717) is 18.5 Å². The summed E-state index contributed by atoms with van der Waals surface area (Å²) in [6.07, 6.45) is 1.17. The highest BCUT2D eigenvalue weighted by molar-refractivity contribution is 4.80. The molecule has 2 nitrogen and oxygen atoms in total. The second-order valence-electron chi connectivity index (χ2n) is 4.21. The summed E-state index contributed by atoms with van der Waals surface area (Å²) in [6.45, 7) is 7.88. The Morgan fingerprint density at radius 1 is 1.54 bits per heavy atom. The SMILES string of the molecule is CC(C)CC1CNCCN1CCF. The van der Waals surface area contributed by atoms with Gasteiger partial charge < -0.3 is 5.32 Å². The highest BCUT2D eigenvalue weighted by atomic mass is 19.1. The normalized spacial score (nSPS) is 25.4. The molecule has 0 aromatic carbocycles. The third kappa shape index (κ3) is 3.61. The molecule has 0 saturated carbocycles. The minimum absolute atomic E-state index is 0.214. The van der Waals surface area contributed by atoms with Gasteiger partial charge in [0, 0.05) is 32.2 Å². The summed E-state index contributed by atoms with van der Waals surface area (Å²) in [5, 5.41) is 3.36. The van der Waals surface area contributed by atoms with Crippen LogP contribution in [0.1, 0.15) is 20.3 Å². The molecule has 1 saturated heterocycles. The maximum absolute atomic E-state index is 12.2. The van der Waals surface area contributed by atoms with E-state index in [9.17, 15) is 4.39 Å². The molecule has 0 aromatic rings. The van der Waals surface area contributed by atoms with Gasteiger partial charge in [0.1, 0.15) is 6.67 Å². The van der Waals surface area contributed by atoms with Crippen LogP contribution in [0, 0.1) is 5.92 Å². The summed E-state index contributed by atoms with van der Waals surface area (Å²) in [5.41, 5.74) is 0. The minimum atomic E-state index is -0.214. The van der Waals surface area contributed by atoms with Gasteiger partial charge in [0.15, 0.2) is 0 Å². The van der Waals surface area contributed by atoms with E-state index in [4.69, 9.17) is 0 Å². The van der Waals surface area contributed by atoms with Crippen molar-refractivity contribution in [2.24, 2.45) is 5.92 Å². The molecule has 1 fully saturated rings. The molecular formula is C10H21FN2. The van der Waals surface area contributed by atoms with E-state index < -0.39 is 0 Å². The van der Waals surface area contributed by atoms with Crippen LogP contribution in [0.5, 0.6) is 0 Å². The van der Waals surface area contributed by atoms with E-state index >= 15 is 0 Å². The maximum atomic E-state index is 12.2. The van der Waals surface area contributed by atoms with Gasteiger partial charge in [-0.25, -0.2) is 4.39 Å². The van der Waals surface area contributed by atoms with Crippen LogP contribution in [-0.4, -0.2) is 43.8 Å². The zero-order valence-corrected chi connectivity index (χ0v) is 8.72. The number of piperazine rings is 1. The third-order valence-corrected chi connectivity index (χ3v) is 2.59. The lowest BCUT2D eigenvalue weighted by molar-refractivity contribution is 0.132. The van der Waals surface area contributed by atoms with E-state index in [2.05, 4.69) is 24.1 Å². The number of alkyl halides is 1. The predicted octanol–water partition coefficient (Wildman–Crippen LogP) is 1.28. The molecule has 0 spiro atoms. The second kappa shape index (κ2) is 5.55. The Bertz CT molecular complexity index is 137. The van der Waals surface area contributed by atoms with E-state index in [1.165, 1.54) is 6.42 Å². The summed E-state index contributed by atoms with van der Waals surface area (Å²) in [5.74, 6) is 0.701. The number of hydrogen-bond donors (Lipinski definition) is 1. The maximum Gasteiger partial charge on any atom is 0.102 e. The van der Waals surface area contributed by atoms with E-state index in [1.807, 2.05) is 0 Å². The molecule has 0 bridgehead atoms. The van der Waals surface area contributed by atoms with Gasteiger partial charge >= 0.3 is 0 Å². The van der Waals surface area contributed by atoms with Crippen molar-refractivity contribution in [3.05, 3.63) is 0 Å². The summed E-state index contributed by atoms with van der Waals surface area (Å²) >= 11 is 0. The van der Waals surface area contributed by atoms with Crippen molar-refractivity contribution in [3.8, 4) is 0 Å². The van der Waals surface area contributed by atoms with Gasteiger partial charge in [-0.2, -0.15) is 0 Å². The fourth-order valence-corrected chi connectivity index (χ4v) is 1.98. The second-order valence-corrected chi connectivity index (χ2v) is 4.21. The zero-order chi connectivity index (χ0) is 9.68. The predicted molar refractivity (Wildman–Crippen MR) is 53.7 cm³/mol. The Kier molecular flexibility index (Phi) is 4.67.